The zero-order valence-electron chi connectivity index (χ0n) is 4.94. The molecule has 56 valence electrons. The highest BCUT2D eigenvalue weighted by molar-refractivity contribution is 5.85. The summed E-state index contributed by atoms with van der Waals surface area (Å²) in [5, 5.41) is 0. The molecule has 1 fully saturated rings. The Hall–Kier alpha value is 0.110. The molecule has 1 nitrogen and oxygen atoms in total. The number of hydrogen-bond acceptors (Lipinski definition) is 1. The number of hydrogen-bond donors (Lipinski definition) is 1. The van der Waals surface area contributed by atoms with Gasteiger partial charge in [0.15, 0.2) is 0 Å². The van der Waals surface area contributed by atoms with Crippen LogP contribution in [0.4, 0.5) is 8.78 Å². The Morgan fingerprint density at radius 3 is 2.11 bits per heavy atom. The standard InChI is InChI=1S/C5H9F2N.ClH/c6-5(7)2-1-4(8)3-5;/h4H,1-3,8H2;1H/t4-;/m0./s1. The molecule has 9 heavy (non-hydrogen) atoms. The van der Waals surface area contributed by atoms with Crippen molar-refractivity contribution in [3.05, 3.63) is 0 Å². The van der Waals surface area contributed by atoms with Gasteiger partial charge in [0.25, 0.3) is 0 Å². The van der Waals surface area contributed by atoms with Crippen LogP contribution in [-0.4, -0.2) is 12.0 Å². The number of nitrogens with two attached hydrogens (primary N) is 1. The predicted octanol–water partition coefficient (Wildman–Crippen LogP) is 1.55. The molecule has 1 rings (SSSR count). The SMILES string of the molecule is Cl.N[C@H]1CCC(F)(F)C1. The zero-order valence-corrected chi connectivity index (χ0v) is 5.76. The summed E-state index contributed by atoms with van der Waals surface area (Å²) in [5.41, 5.74) is 5.23. The fourth-order valence-electron chi connectivity index (χ4n) is 0.984. The molecule has 0 radical (unpaired) electrons. The monoisotopic (exact) mass is 157 g/mol. The highest BCUT2D eigenvalue weighted by Crippen LogP contribution is 2.33. The van der Waals surface area contributed by atoms with Crippen LogP contribution in [0.5, 0.6) is 0 Å². The zero-order chi connectivity index (χ0) is 6.20. The van der Waals surface area contributed by atoms with E-state index in [1.807, 2.05) is 0 Å². The van der Waals surface area contributed by atoms with Gasteiger partial charge in [0.1, 0.15) is 0 Å². The molecular weight excluding hydrogens is 148 g/mol. The summed E-state index contributed by atoms with van der Waals surface area (Å²) >= 11 is 0. The minimum Gasteiger partial charge on any atom is -0.327 e. The van der Waals surface area contributed by atoms with Crippen LogP contribution >= 0.6 is 12.4 Å². The average molecular weight is 158 g/mol. The normalized spacial score (nSPS) is 31.7. The summed E-state index contributed by atoms with van der Waals surface area (Å²) in [7, 11) is 0. The summed E-state index contributed by atoms with van der Waals surface area (Å²) in [5.74, 6) is -2.46. The van der Waals surface area contributed by atoms with Crippen molar-refractivity contribution in [2.24, 2.45) is 5.73 Å². The van der Waals surface area contributed by atoms with Crippen molar-refractivity contribution >= 4 is 12.4 Å². The Balaban J connectivity index is 0.000000640. The van der Waals surface area contributed by atoms with Gasteiger partial charge in [-0.25, -0.2) is 8.78 Å². The van der Waals surface area contributed by atoms with E-state index >= 15 is 0 Å². The highest BCUT2D eigenvalue weighted by atomic mass is 35.5. The van der Waals surface area contributed by atoms with Gasteiger partial charge in [-0.3, -0.25) is 0 Å². The summed E-state index contributed by atoms with van der Waals surface area (Å²) in [6.45, 7) is 0. The molecule has 0 aliphatic heterocycles. The van der Waals surface area contributed by atoms with Crippen LogP contribution in [0.2, 0.25) is 0 Å². The minimum absolute atomic E-state index is 0. The van der Waals surface area contributed by atoms with Gasteiger partial charge in [-0.05, 0) is 6.42 Å². The van der Waals surface area contributed by atoms with E-state index in [4.69, 9.17) is 5.73 Å². The Morgan fingerprint density at radius 1 is 1.44 bits per heavy atom. The maximum Gasteiger partial charge on any atom is 0.249 e. The third kappa shape index (κ3) is 2.45. The molecule has 0 unspecified atom stereocenters. The van der Waals surface area contributed by atoms with E-state index in [1.165, 1.54) is 0 Å². The highest BCUT2D eigenvalue weighted by Gasteiger charge is 2.37. The van der Waals surface area contributed by atoms with Crippen molar-refractivity contribution in [3.63, 3.8) is 0 Å². The Kier molecular flexibility index (Phi) is 2.83. The lowest BCUT2D eigenvalue weighted by molar-refractivity contribution is 0.00803. The second-order valence-electron chi connectivity index (χ2n) is 2.36. The lowest BCUT2D eigenvalue weighted by atomic mass is 10.3. The van der Waals surface area contributed by atoms with E-state index in [2.05, 4.69) is 0 Å². The van der Waals surface area contributed by atoms with Gasteiger partial charge >= 0.3 is 0 Å². The van der Waals surface area contributed by atoms with E-state index in [0.29, 0.717) is 6.42 Å². The fraction of sp³-hybridized carbons (Fsp3) is 1.00. The quantitative estimate of drug-likeness (QED) is 0.568. The minimum atomic E-state index is -2.46. The first-order valence-corrected chi connectivity index (χ1v) is 2.73. The van der Waals surface area contributed by atoms with E-state index in [0.717, 1.165) is 0 Å². The molecule has 1 atom stereocenters. The molecule has 1 aliphatic rings. The third-order valence-electron chi connectivity index (χ3n) is 1.44. The van der Waals surface area contributed by atoms with Crippen LogP contribution in [0.3, 0.4) is 0 Å². The molecule has 0 amide bonds. The van der Waals surface area contributed by atoms with Gasteiger partial charge in [-0.2, -0.15) is 0 Å². The Morgan fingerprint density at radius 2 is 2.00 bits per heavy atom. The molecular formula is C5H10ClF2N. The molecule has 1 aliphatic carbocycles. The summed E-state index contributed by atoms with van der Waals surface area (Å²) in [6.07, 6.45) is 0.341. The topological polar surface area (TPSA) is 26.0 Å². The van der Waals surface area contributed by atoms with Gasteiger partial charge in [0.05, 0.1) is 0 Å². The van der Waals surface area contributed by atoms with Crippen molar-refractivity contribution in [1.82, 2.24) is 0 Å². The lowest BCUT2D eigenvalue weighted by Crippen LogP contribution is -2.18. The molecule has 0 bridgehead atoms. The first-order chi connectivity index (χ1) is 3.60. The second-order valence-corrected chi connectivity index (χ2v) is 2.36. The van der Waals surface area contributed by atoms with Crippen LogP contribution in [0.15, 0.2) is 0 Å². The first kappa shape index (κ1) is 9.11. The van der Waals surface area contributed by atoms with Gasteiger partial charge < -0.3 is 5.73 Å². The average Bonchev–Trinajstić information content (AvgIpc) is 1.82. The molecule has 2 N–H and O–H groups in total. The first-order valence-electron chi connectivity index (χ1n) is 2.73. The van der Waals surface area contributed by atoms with Crippen molar-refractivity contribution in [2.45, 2.75) is 31.2 Å². The Bertz CT molecular complexity index is 97.0. The van der Waals surface area contributed by atoms with Gasteiger partial charge in [-0.15, -0.1) is 12.4 Å². The molecule has 0 saturated heterocycles. The molecule has 0 heterocycles. The van der Waals surface area contributed by atoms with Crippen molar-refractivity contribution in [2.75, 3.05) is 0 Å². The molecule has 0 aromatic carbocycles. The number of alkyl halides is 2. The van der Waals surface area contributed by atoms with Crippen LogP contribution in [0.25, 0.3) is 0 Å². The van der Waals surface area contributed by atoms with Crippen LogP contribution in [-0.2, 0) is 0 Å². The Labute approximate surface area is 59.0 Å². The van der Waals surface area contributed by atoms with E-state index in [9.17, 15) is 8.78 Å². The van der Waals surface area contributed by atoms with E-state index < -0.39 is 5.92 Å². The number of rotatable bonds is 0. The van der Waals surface area contributed by atoms with Crippen molar-refractivity contribution < 1.29 is 8.78 Å². The summed E-state index contributed by atoms with van der Waals surface area (Å²) in [6, 6.07) is -0.259. The van der Waals surface area contributed by atoms with Crippen molar-refractivity contribution in [1.29, 1.82) is 0 Å². The second kappa shape index (κ2) is 2.80. The van der Waals surface area contributed by atoms with Gasteiger partial charge in [0.2, 0.25) is 5.92 Å². The van der Waals surface area contributed by atoms with Crippen LogP contribution in [0, 0.1) is 0 Å². The van der Waals surface area contributed by atoms with E-state index in [1.54, 1.807) is 0 Å². The predicted molar refractivity (Wildman–Crippen MR) is 34.0 cm³/mol. The maximum absolute atomic E-state index is 12.1. The van der Waals surface area contributed by atoms with E-state index in [-0.39, 0.29) is 31.3 Å². The van der Waals surface area contributed by atoms with Crippen LogP contribution in [0.1, 0.15) is 19.3 Å². The molecule has 0 aromatic heterocycles. The molecule has 0 spiro atoms. The smallest absolute Gasteiger partial charge is 0.249 e. The number of halogens is 3. The van der Waals surface area contributed by atoms with Gasteiger partial charge in [0, 0.05) is 18.9 Å². The molecule has 0 aromatic rings. The van der Waals surface area contributed by atoms with Crippen molar-refractivity contribution in [3.8, 4) is 0 Å². The molecule has 4 heteroatoms. The lowest BCUT2D eigenvalue weighted by Gasteiger charge is -2.04. The summed E-state index contributed by atoms with van der Waals surface area (Å²) in [4.78, 5) is 0. The fourth-order valence-corrected chi connectivity index (χ4v) is 0.984. The maximum atomic E-state index is 12.1. The third-order valence-corrected chi connectivity index (χ3v) is 1.44. The largest absolute Gasteiger partial charge is 0.327 e. The van der Waals surface area contributed by atoms with Crippen LogP contribution < -0.4 is 5.73 Å². The van der Waals surface area contributed by atoms with Gasteiger partial charge in [-0.1, -0.05) is 0 Å². The molecule has 1 saturated carbocycles. The summed E-state index contributed by atoms with van der Waals surface area (Å²) < 4.78 is 24.2.